The molecule has 3 rings (SSSR count). The molecule has 0 bridgehead atoms. The number of aromatic nitrogens is 2. The van der Waals surface area contributed by atoms with Crippen LogP contribution in [0, 0.1) is 0 Å². The van der Waals surface area contributed by atoms with Gasteiger partial charge in [-0.3, -0.25) is 5.10 Å². The van der Waals surface area contributed by atoms with Crippen molar-refractivity contribution in [3.8, 4) is 11.5 Å². The zero-order valence-corrected chi connectivity index (χ0v) is 10.1. The van der Waals surface area contributed by atoms with Crippen LogP contribution in [0.2, 0.25) is 5.02 Å². The summed E-state index contributed by atoms with van der Waals surface area (Å²) in [5.74, 6) is 1.28. The molecule has 0 radical (unpaired) electrons. The Balaban J connectivity index is 1.95. The number of nitrogen functional groups attached to an aromatic ring is 1. The number of anilines is 1. The third-order valence-electron chi connectivity index (χ3n) is 2.60. The second-order valence-electron chi connectivity index (χ2n) is 3.91. The second-order valence-corrected chi connectivity index (χ2v) is 4.32. The number of halogens is 1. The molecular weight excluding hydrogens is 250 g/mol. The molecule has 0 atom stereocenters. The summed E-state index contributed by atoms with van der Waals surface area (Å²) in [5.41, 5.74) is 7.20. The maximum atomic E-state index is 6.05. The lowest BCUT2D eigenvalue weighted by atomic mass is 10.2. The highest BCUT2D eigenvalue weighted by Crippen LogP contribution is 2.31. The molecule has 0 amide bonds. The number of ether oxygens (including phenoxy) is 1. The van der Waals surface area contributed by atoms with Gasteiger partial charge in [0.05, 0.1) is 16.7 Å². The molecule has 1 heterocycles. The zero-order chi connectivity index (χ0) is 12.5. The third kappa shape index (κ3) is 1.98. The molecule has 90 valence electrons. The van der Waals surface area contributed by atoms with Crippen LogP contribution in [0.3, 0.4) is 0 Å². The second kappa shape index (κ2) is 4.23. The number of aromatic amines is 1. The van der Waals surface area contributed by atoms with Crippen molar-refractivity contribution in [3.63, 3.8) is 0 Å². The van der Waals surface area contributed by atoms with Gasteiger partial charge in [0.15, 0.2) is 0 Å². The van der Waals surface area contributed by atoms with Crippen molar-refractivity contribution in [3.05, 3.63) is 47.6 Å². The van der Waals surface area contributed by atoms with Crippen LogP contribution in [0.25, 0.3) is 10.9 Å². The van der Waals surface area contributed by atoms with E-state index in [1.165, 1.54) is 0 Å². The summed E-state index contributed by atoms with van der Waals surface area (Å²) in [6, 6.07) is 10.8. The molecule has 0 unspecified atom stereocenters. The topological polar surface area (TPSA) is 63.9 Å². The highest BCUT2D eigenvalue weighted by Gasteiger charge is 2.05. The van der Waals surface area contributed by atoms with E-state index >= 15 is 0 Å². The number of nitrogens with zero attached hydrogens (tertiary/aromatic N) is 1. The molecule has 0 spiro atoms. The normalized spacial score (nSPS) is 10.7. The van der Waals surface area contributed by atoms with E-state index in [2.05, 4.69) is 10.2 Å². The first-order chi connectivity index (χ1) is 8.72. The molecule has 0 saturated heterocycles. The molecular formula is C13H10ClN3O. The van der Waals surface area contributed by atoms with E-state index in [9.17, 15) is 0 Å². The van der Waals surface area contributed by atoms with Crippen molar-refractivity contribution in [2.75, 3.05) is 5.73 Å². The number of fused-ring (bicyclic) bond motifs is 1. The first-order valence-corrected chi connectivity index (χ1v) is 5.76. The van der Waals surface area contributed by atoms with Gasteiger partial charge in [-0.25, -0.2) is 0 Å². The van der Waals surface area contributed by atoms with Gasteiger partial charge < -0.3 is 10.5 Å². The van der Waals surface area contributed by atoms with Gasteiger partial charge in [-0.05, 0) is 36.4 Å². The lowest BCUT2D eigenvalue weighted by molar-refractivity contribution is 0.484. The van der Waals surface area contributed by atoms with Crippen LogP contribution in [0.15, 0.2) is 42.6 Å². The predicted molar refractivity (Wildman–Crippen MR) is 72.0 cm³/mol. The molecule has 5 heteroatoms. The summed E-state index contributed by atoms with van der Waals surface area (Å²) >= 11 is 6.05. The number of nitrogens with two attached hydrogens (primary N) is 1. The minimum atomic E-state index is 0.488. The first kappa shape index (κ1) is 10.9. The minimum Gasteiger partial charge on any atom is -0.456 e. The van der Waals surface area contributed by atoms with Crippen LogP contribution in [0.5, 0.6) is 11.5 Å². The van der Waals surface area contributed by atoms with Crippen molar-refractivity contribution in [1.29, 1.82) is 0 Å². The predicted octanol–water partition coefficient (Wildman–Crippen LogP) is 3.59. The van der Waals surface area contributed by atoms with Crippen LogP contribution >= 0.6 is 11.6 Å². The summed E-state index contributed by atoms with van der Waals surface area (Å²) < 4.78 is 5.71. The van der Waals surface area contributed by atoms with E-state index < -0.39 is 0 Å². The lowest BCUT2D eigenvalue weighted by Gasteiger charge is -2.08. The Morgan fingerprint density at radius 3 is 2.89 bits per heavy atom. The lowest BCUT2D eigenvalue weighted by Crippen LogP contribution is -1.88. The number of rotatable bonds is 2. The maximum Gasteiger partial charge on any atom is 0.146 e. The summed E-state index contributed by atoms with van der Waals surface area (Å²) in [4.78, 5) is 0. The standard InChI is InChI=1S/C13H10ClN3O/c14-11-6-9(15)1-4-13(11)18-10-2-3-12-8(5-10)7-16-17-12/h1-7H,15H2,(H,16,17). The number of hydrogen-bond donors (Lipinski definition) is 2. The van der Waals surface area contributed by atoms with Gasteiger partial charge >= 0.3 is 0 Å². The van der Waals surface area contributed by atoms with Gasteiger partial charge in [0.1, 0.15) is 11.5 Å². The van der Waals surface area contributed by atoms with Crippen molar-refractivity contribution < 1.29 is 4.74 Å². The van der Waals surface area contributed by atoms with Crippen LogP contribution < -0.4 is 10.5 Å². The quantitative estimate of drug-likeness (QED) is 0.691. The van der Waals surface area contributed by atoms with Gasteiger partial charge in [-0.15, -0.1) is 0 Å². The molecule has 18 heavy (non-hydrogen) atoms. The van der Waals surface area contributed by atoms with E-state index in [1.54, 1.807) is 24.4 Å². The Bertz CT molecular complexity index is 708. The van der Waals surface area contributed by atoms with E-state index in [-0.39, 0.29) is 0 Å². The maximum absolute atomic E-state index is 6.05. The van der Waals surface area contributed by atoms with Crippen molar-refractivity contribution >= 4 is 28.2 Å². The first-order valence-electron chi connectivity index (χ1n) is 5.38. The summed E-state index contributed by atoms with van der Waals surface area (Å²) in [6.07, 6.45) is 1.74. The van der Waals surface area contributed by atoms with Gasteiger partial charge in [-0.2, -0.15) is 5.10 Å². The largest absolute Gasteiger partial charge is 0.456 e. The fraction of sp³-hybridized carbons (Fsp3) is 0. The van der Waals surface area contributed by atoms with Crippen LogP contribution in [0.4, 0.5) is 5.69 Å². The fourth-order valence-corrected chi connectivity index (χ4v) is 1.94. The number of nitrogens with one attached hydrogen (secondary N) is 1. The Morgan fingerprint density at radius 2 is 2.06 bits per heavy atom. The van der Waals surface area contributed by atoms with Gasteiger partial charge in [0, 0.05) is 11.1 Å². The molecule has 2 aromatic carbocycles. The van der Waals surface area contributed by atoms with E-state index in [0.29, 0.717) is 22.2 Å². The highest BCUT2D eigenvalue weighted by molar-refractivity contribution is 6.32. The van der Waals surface area contributed by atoms with Crippen LogP contribution in [0.1, 0.15) is 0 Å². The fourth-order valence-electron chi connectivity index (χ4n) is 1.71. The molecule has 0 saturated carbocycles. The van der Waals surface area contributed by atoms with Gasteiger partial charge in [0.2, 0.25) is 0 Å². The van der Waals surface area contributed by atoms with Crippen molar-refractivity contribution in [2.24, 2.45) is 0 Å². The Hall–Kier alpha value is -2.20. The molecule has 3 aromatic rings. The van der Waals surface area contributed by atoms with E-state index in [1.807, 2.05) is 18.2 Å². The summed E-state index contributed by atoms with van der Waals surface area (Å²) in [6.45, 7) is 0. The van der Waals surface area contributed by atoms with E-state index in [0.717, 1.165) is 10.9 Å². The molecule has 1 aromatic heterocycles. The molecule has 4 nitrogen and oxygen atoms in total. The Labute approximate surface area is 108 Å². The molecule has 0 fully saturated rings. The SMILES string of the molecule is Nc1ccc(Oc2ccc3[nH]ncc3c2)c(Cl)c1. The van der Waals surface area contributed by atoms with Gasteiger partial charge in [0.25, 0.3) is 0 Å². The minimum absolute atomic E-state index is 0.488. The van der Waals surface area contributed by atoms with Crippen molar-refractivity contribution in [1.82, 2.24) is 10.2 Å². The smallest absolute Gasteiger partial charge is 0.146 e. The molecule has 0 aliphatic heterocycles. The van der Waals surface area contributed by atoms with Crippen LogP contribution in [-0.4, -0.2) is 10.2 Å². The Kier molecular flexibility index (Phi) is 2.57. The zero-order valence-electron chi connectivity index (χ0n) is 9.35. The van der Waals surface area contributed by atoms with Gasteiger partial charge in [-0.1, -0.05) is 11.6 Å². The number of benzene rings is 2. The summed E-state index contributed by atoms with van der Waals surface area (Å²) in [5, 5.41) is 8.31. The monoisotopic (exact) mass is 259 g/mol. The Morgan fingerprint density at radius 1 is 1.17 bits per heavy atom. The number of hydrogen-bond acceptors (Lipinski definition) is 3. The average Bonchev–Trinajstić information content (AvgIpc) is 2.80. The van der Waals surface area contributed by atoms with Crippen molar-refractivity contribution in [2.45, 2.75) is 0 Å². The van der Waals surface area contributed by atoms with E-state index in [4.69, 9.17) is 22.1 Å². The third-order valence-corrected chi connectivity index (χ3v) is 2.89. The molecule has 0 aliphatic rings. The molecule has 0 aliphatic carbocycles. The summed E-state index contributed by atoms with van der Waals surface area (Å²) in [7, 11) is 0. The highest BCUT2D eigenvalue weighted by atomic mass is 35.5. The number of H-pyrrole nitrogens is 1. The average molecular weight is 260 g/mol. The van der Waals surface area contributed by atoms with Crippen LogP contribution in [-0.2, 0) is 0 Å². The molecule has 3 N–H and O–H groups in total.